The maximum absolute atomic E-state index is 8.74. The third-order valence-corrected chi connectivity index (χ3v) is 0. The van der Waals surface area contributed by atoms with Crippen LogP contribution in [0.5, 0.6) is 0 Å². The van der Waals surface area contributed by atoms with Gasteiger partial charge in [-0.15, -0.1) is 0 Å². The molecule has 3 nitrogen and oxygen atoms in total. The van der Waals surface area contributed by atoms with E-state index in [0.717, 1.165) is 0 Å². The monoisotopic (exact) mass is 144 g/mol. The van der Waals surface area contributed by atoms with E-state index in [0.29, 0.717) is 0 Å². The van der Waals surface area contributed by atoms with Gasteiger partial charge in [0.25, 0.3) is 0 Å². The van der Waals surface area contributed by atoms with Crippen LogP contribution in [0.4, 0.5) is 0 Å². The summed E-state index contributed by atoms with van der Waals surface area (Å²) in [4.78, 5) is 14.3. The topological polar surface area (TPSA) is 57.5 Å². The Bertz CT molecular complexity index is 42.0. The molecule has 30 valence electrons. The van der Waals surface area contributed by atoms with Gasteiger partial charge in [0.1, 0.15) is 0 Å². The van der Waals surface area contributed by atoms with Crippen LogP contribution in [-0.2, 0) is 4.46 Å². The summed E-state index contributed by atoms with van der Waals surface area (Å²) in [5.74, 6) is 0. The Kier molecular flexibility index (Phi) is 26.1. The van der Waals surface area contributed by atoms with Gasteiger partial charge < -0.3 is 13.9 Å². The smallest absolute Gasteiger partial charge is 1.00 e. The first-order valence-corrected chi connectivity index (χ1v) is 1.95. The van der Waals surface area contributed by atoms with E-state index in [2.05, 4.69) is 0 Å². The molecule has 0 bridgehead atoms. The SMILES string of the molecule is O=[Si](O)O.[Ca+2].[H-].[H-].[H-].[Na+]. The molecular weight excluding hydrogens is 139 g/mol. The van der Waals surface area contributed by atoms with Crippen LogP contribution >= 0.6 is 0 Å². The van der Waals surface area contributed by atoms with E-state index >= 15 is 0 Å². The van der Waals surface area contributed by atoms with Gasteiger partial charge in [-0.2, -0.15) is 0 Å². The van der Waals surface area contributed by atoms with E-state index in [1.807, 2.05) is 0 Å². The van der Waals surface area contributed by atoms with Crippen LogP contribution in [0.15, 0.2) is 0 Å². The van der Waals surface area contributed by atoms with E-state index in [9.17, 15) is 0 Å². The van der Waals surface area contributed by atoms with E-state index in [-0.39, 0.29) is 71.6 Å². The summed E-state index contributed by atoms with van der Waals surface area (Å²) >= 11 is 0. The minimum absolute atomic E-state index is 0. The standard InChI is InChI=1S/Ca.Na.H2O3Si.3H/c;;1-4(2)3;;;/h;;1-2H;;;/q+2;+1;;3*-1. The molecule has 0 saturated heterocycles. The average molecular weight is 144 g/mol. The summed E-state index contributed by atoms with van der Waals surface area (Å²) in [5, 5.41) is 0. The molecule has 0 fully saturated rings. The third-order valence-electron chi connectivity index (χ3n) is 0. The molecule has 0 aliphatic heterocycles. The predicted molar refractivity (Wildman–Crippen MR) is 20.0 cm³/mol. The molecular formula is H5CaNaO3Si. The van der Waals surface area contributed by atoms with Crippen molar-refractivity contribution in [2.45, 2.75) is 0 Å². The van der Waals surface area contributed by atoms with Crippen molar-refractivity contribution in [3.8, 4) is 0 Å². The molecule has 0 aromatic carbocycles. The predicted octanol–water partition coefficient (Wildman–Crippen LogP) is -4.65. The van der Waals surface area contributed by atoms with Crippen LogP contribution in [0.1, 0.15) is 4.28 Å². The van der Waals surface area contributed by atoms with Gasteiger partial charge in [-0.1, -0.05) is 0 Å². The quantitative estimate of drug-likeness (QED) is 0.336. The average Bonchev–Trinajstić information content (AvgIpc) is 0.811. The summed E-state index contributed by atoms with van der Waals surface area (Å²) in [6, 6.07) is 0. The van der Waals surface area contributed by atoms with E-state index in [1.54, 1.807) is 0 Å². The summed E-state index contributed by atoms with van der Waals surface area (Å²) in [6.45, 7) is 0. The van der Waals surface area contributed by atoms with Crippen molar-refractivity contribution in [2.75, 3.05) is 0 Å². The van der Waals surface area contributed by atoms with Gasteiger partial charge in [0.05, 0.1) is 0 Å². The zero-order valence-corrected chi connectivity index (χ0v) is 8.72. The van der Waals surface area contributed by atoms with Gasteiger partial charge in [0, 0.05) is 0 Å². The molecule has 0 spiro atoms. The second kappa shape index (κ2) is 9.99. The minimum Gasteiger partial charge on any atom is -1.00 e. The molecule has 0 rings (SSSR count). The summed E-state index contributed by atoms with van der Waals surface area (Å²) in [7, 11) is -3.13. The Morgan fingerprint density at radius 2 is 1.50 bits per heavy atom. The molecule has 0 aromatic rings. The van der Waals surface area contributed by atoms with Crippen LogP contribution < -0.4 is 29.6 Å². The van der Waals surface area contributed by atoms with Crippen molar-refractivity contribution in [3.05, 3.63) is 0 Å². The molecule has 0 unspecified atom stereocenters. The second-order valence-corrected chi connectivity index (χ2v) is 0.848. The second-order valence-electron chi connectivity index (χ2n) is 0.283. The van der Waals surface area contributed by atoms with Crippen molar-refractivity contribution < 1.29 is 47.9 Å². The fourth-order valence-corrected chi connectivity index (χ4v) is 0. The van der Waals surface area contributed by atoms with E-state index in [4.69, 9.17) is 14.1 Å². The molecule has 0 radical (unpaired) electrons. The Morgan fingerprint density at radius 3 is 1.50 bits per heavy atom. The molecule has 6 heavy (non-hydrogen) atoms. The van der Waals surface area contributed by atoms with Crippen molar-refractivity contribution in [3.63, 3.8) is 0 Å². The maximum atomic E-state index is 8.74. The van der Waals surface area contributed by atoms with Crippen LogP contribution in [0.3, 0.4) is 0 Å². The zero-order chi connectivity index (χ0) is 3.58. The van der Waals surface area contributed by atoms with Gasteiger partial charge >= 0.3 is 76.5 Å². The Labute approximate surface area is 93.4 Å². The molecule has 0 amide bonds. The maximum Gasteiger partial charge on any atom is 2.00 e. The molecule has 6 heteroatoms. The summed E-state index contributed by atoms with van der Waals surface area (Å²) in [5.41, 5.74) is 0. The van der Waals surface area contributed by atoms with Crippen molar-refractivity contribution >= 4 is 46.9 Å². The van der Waals surface area contributed by atoms with Gasteiger partial charge in [-0.3, -0.25) is 4.46 Å². The first-order chi connectivity index (χ1) is 1.73. The molecule has 0 aromatic heterocycles. The Morgan fingerprint density at radius 1 is 1.50 bits per heavy atom. The molecule has 0 aliphatic rings. The normalized spacial score (nSPS) is 4.00. The van der Waals surface area contributed by atoms with E-state index in [1.165, 1.54) is 0 Å². The van der Waals surface area contributed by atoms with Crippen molar-refractivity contribution in [1.82, 2.24) is 0 Å². The van der Waals surface area contributed by atoms with Crippen LogP contribution in [0.25, 0.3) is 0 Å². The molecule has 0 heterocycles. The first kappa shape index (κ1) is 15.7. The summed E-state index contributed by atoms with van der Waals surface area (Å²) in [6.07, 6.45) is 0. The fourth-order valence-electron chi connectivity index (χ4n) is 0. The Balaban J connectivity index is -0.00000000450. The molecule has 2 N–H and O–H groups in total. The van der Waals surface area contributed by atoms with Crippen molar-refractivity contribution in [2.24, 2.45) is 0 Å². The van der Waals surface area contributed by atoms with Gasteiger partial charge in [0.2, 0.25) is 0 Å². The van der Waals surface area contributed by atoms with Crippen molar-refractivity contribution in [1.29, 1.82) is 0 Å². The molecule has 0 aliphatic carbocycles. The van der Waals surface area contributed by atoms with Crippen LogP contribution in [0.2, 0.25) is 0 Å². The molecule has 0 atom stereocenters. The fraction of sp³-hybridized carbons (Fsp3) is 0. The third kappa shape index (κ3) is 39.7. The minimum atomic E-state index is -3.13. The molecule has 0 saturated carbocycles. The van der Waals surface area contributed by atoms with Crippen LogP contribution in [-0.4, -0.2) is 56.5 Å². The van der Waals surface area contributed by atoms with E-state index < -0.39 is 9.17 Å². The Hall–Kier alpha value is 1.88. The van der Waals surface area contributed by atoms with Gasteiger partial charge in [0.15, 0.2) is 0 Å². The summed E-state index contributed by atoms with van der Waals surface area (Å²) < 4.78 is 8.74. The first-order valence-electron chi connectivity index (χ1n) is 0.651. The zero-order valence-electron chi connectivity index (χ0n) is 6.51. The number of hydrogen-bond donors (Lipinski definition) is 2. The number of rotatable bonds is 0. The largest absolute Gasteiger partial charge is 2.00 e. The number of hydrogen-bond acceptors (Lipinski definition) is 1. The van der Waals surface area contributed by atoms with Gasteiger partial charge in [-0.05, 0) is 0 Å². The van der Waals surface area contributed by atoms with Crippen LogP contribution in [0, 0.1) is 0 Å². The van der Waals surface area contributed by atoms with Gasteiger partial charge in [-0.25, -0.2) is 0 Å².